The van der Waals surface area contributed by atoms with E-state index in [9.17, 15) is 0 Å². The molecule has 2 rings (SSSR count). The summed E-state index contributed by atoms with van der Waals surface area (Å²) < 4.78 is 1.84. The first kappa shape index (κ1) is 12.5. The minimum atomic E-state index is 0.149. The average Bonchev–Trinajstić information content (AvgIpc) is 2.82. The molecule has 1 N–H and O–H groups in total. The molecule has 0 aliphatic carbocycles. The fraction of sp³-hybridized carbons (Fsp3) is 0.231. The Morgan fingerprint density at radius 3 is 3.00 bits per heavy atom. The molecule has 1 unspecified atom stereocenters. The molecule has 4 nitrogen and oxygen atoms in total. The van der Waals surface area contributed by atoms with Crippen molar-refractivity contribution in [1.29, 1.82) is 5.26 Å². The van der Waals surface area contributed by atoms with Gasteiger partial charge in [-0.3, -0.25) is 4.68 Å². The van der Waals surface area contributed by atoms with Crippen molar-refractivity contribution in [2.24, 2.45) is 0 Å². The summed E-state index contributed by atoms with van der Waals surface area (Å²) >= 11 is 5.98. The number of hydrogen-bond acceptors (Lipinski definition) is 3. The Labute approximate surface area is 111 Å². The van der Waals surface area contributed by atoms with Crippen molar-refractivity contribution in [3.8, 4) is 6.07 Å². The molecular weight excluding hydrogens is 248 g/mol. The molecule has 0 amide bonds. The van der Waals surface area contributed by atoms with E-state index in [0.29, 0.717) is 10.6 Å². The highest BCUT2D eigenvalue weighted by Gasteiger charge is 2.09. The second kappa shape index (κ2) is 5.56. The highest BCUT2D eigenvalue weighted by atomic mass is 35.5. The van der Waals surface area contributed by atoms with Crippen LogP contribution in [0.4, 0.5) is 5.69 Å². The number of benzene rings is 1. The highest BCUT2D eigenvalue weighted by molar-refractivity contribution is 6.32. The van der Waals surface area contributed by atoms with Gasteiger partial charge in [0.15, 0.2) is 0 Å². The van der Waals surface area contributed by atoms with E-state index in [4.69, 9.17) is 16.9 Å². The zero-order valence-electron chi connectivity index (χ0n) is 9.97. The van der Waals surface area contributed by atoms with Gasteiger partial charge in [-0.15, -0.1) is 0 Å². The Hall–Kier alpha value is -1.99. The van der Waals surface area contributed by atoms with E-state index in [0.717, 1.165) is 12.2 Å². The molecule has 92 valence electrons. The molecule has 18 heavy (non-hydrogen) atoms. The van der Waals surface area contributed by atoms with E-state index < -0.39 is 0 Å². The first-order chi connectivity index (χ1) is 8.70. The summed E-state index contributed by atoms with van der Waals surface area (Å²) in [5.41, 5.74) is 1.23. The van der Waals surface area contributed by atoms with Gasteiger partial charge in [-0.05, 0) is 25.1 Å². The lowest BCUT2D eigenvalue weighted by Crippen LogP contribution is -2.22. The second-order valence-corrected chi connectivity index (χ2v) is 4.45. The summed E-state index contributed by atoms with van der Waals surface area (Å²) in [7, 11) is 0. The number of nitrogens with zero attached hydrogens (tertiary/aromatic N) is 3. The lowest BCUT2D eigenvalue weighted by molar-refractivity contribution is 0.561. The molecule has 0 aliphatic heterocycles. The number of nitriles is 1. The molecule has 0 fully saturated rings. The number of nitrogens with one attached hydrogen (secondary N) is 1. The van der Waals surface area contributed by atoms with Crippen molar-refractivity contribution in [3.05, 3.63) is 47.2 Å². The van der Waals surface area contributed by atoms with Gasteiger partial charge in [-0.25, -0.2) is 0 Å². The summed E-state index contributed by atoms with van der Waals surface area (Å²) in [6, 6.07) is 9.53. The predicted octanol–water partition coefficient (Wildman–Crippen LogP) is 2.91. The van der Waals surface area contributed by atoms with E-state index in [1.165, 1.54) is 0 Å². The first-order valence-electron chi connectivity index (χ1n) is 5.63. The van der Waals surface area contributed by atoms with Gasteiger partial charge >= 0.3 is 0 Å². The predicted molar refractivity (Wildman–Crippen MR) is 71.5 cm³/mol. The van der Waals surface area contributed by atoms with Gasteiger partial charge < -0.3 is 5.32 Å². The van der Waals surface area contributed by atoms with Crippen LogP contribution in [0.5, 0.6) is 0 Å². The molecule has 0 spiro atoms. The van der Waals surface area contributed by atoms with Gasteiger partial charge in [0.1, 0.15) is 6.07 Å². The van der Waals surface area contributed by atoms with Crippen LogP contribution in [-0.2, 0) is 6.54 Å². The number of halogens is 1. The Morgan fingerprint density at radius 1 is 1.50 bits per heavy atom. The zero-order valence-corrected chi connectivity index (χ0v) is 10.7. The fourth-order valence-electron chi connectivity index (χ4n) is 1.76. The summed E-state index contributed by atoms with van der Waals surface area (Å²) in [5, 5.41) is 17.0. The molecule has 1 aromatic carbocycles. The molecule has 0 radical (unpaired) electrons. The van der Waals surface area contributed by atoms with Crippen LogP contribution >= 0.6 is 11.6 Å². The van der Waals surface area contributed by atoms with Crippen molar-refractivity contribution >= 4 is 17.3 Å². The maximum atomic E-state index is 9.08. The van der Waals surface area contributed by atoms with Crippen LogP contribution in [-0.4, -0.2) is 15.8 Å². The lowest BCUT2D eigenvalue weighted by Gasteiger charge is -2.16. The van der Waals surface area contributed by atoms with Crippen molar-refractivity contribution in [2.45, 2.75) is 19.5 Å². The topological polar surface area (TPSA) is 53.6 Å². The number of anilines is 1. The largest absolute Gasteiger partial charge is 0.380 e. The average molecular weight is 261 g/mol. The van der Waals surface area contributed by atoms with Gasteiger partial charge in [-0.2, -0.15) is 10.4 Å². The third-order valence-electron chi connectivity index (χ3n) is 2.55. The standard InChI is InChI=1S/C13H13ClN4/c1-10(9-18-7-3-6-16-18)17-13-5-2-4-12(14)11(13)8-15/h2-7,10,17H,9H2,1H3. The minimum Gasteiger partial charge on any atom is -0.380 e. The molecule has 0 saturated heterocycles. The van der Waals surface area contributed by atoms with Gasteiger partial charge in [0, 0.05) is 18.4 Å². The minimum absolute atomic E-state index is 0.149. The molecule has 1 atom stereocenters. The van der Waals surface area contributed by atoms with Crippen LogP contribution < -0.4 is 5.32 Å². The number of aromatic nitrogens is 2. The Balaban J connectivity index is 2.10. The fourth-order valence-corrected chi connectivity index (χ4v) is 1.97. The van der Waals surface area contributed by atoms with E-state index >= 15 is 0 Å². The third-order valence-corrected chi connectivity index (χ3v) is 2.86. The molecule has 1 aromatic heterocycles. The number of rotatable bonds is 4. The van der Waals surface area contributed by atoms with Crippen molar-refractivity contribution in [1.82, 2.24) is 9.78 Å². The molecule has 0 bridgehead atoms. The Kier molecular flexibility index (Phi) is 3.85. The SMILES string of the molecule is CC(Cn1cccn1)Nc1cccc(Cl)c1C#N. The number of hydrogen-bond donors (Lipinski definition) is 1. The maximum absolute atomic E-state index is 9.08. The van der Waals surface area contributed by atoms with Crippen LogP contribution in [0.1, 0.15) is 12.5 Å². The van der Waals surface area contributed by atoms with E-state index in [1.807, 2.05) is 36.0 Å². The van der Waals surface area contributed by atoms with Crippen molar-refractivity contribution in [2.75, 3.05) is 5.32 Å². The van der Waals surface area contributed by atoms with E-state index in [2.05, 4.69) is 16.5 Å². The second-order valence-electron chi connectivity index (χ2n) is 4.05. The van der Waals surface area contributed by atoms with Crippen LogP contribution in [0.15, 0.2) is 36.7 Å². The maximum Gasteiger partial charge on any atom is 0.103 e. The van der Waals surface area contributed by atoms with Crippen molar-refractivity contribution < 1.29 is 0 Å². The molecular formula is C13H13ClN4. The normalized spacial score (nSPS) is 11.8. The Bertz CT molecular complexity index is 557. The summed E-state index contributed by atoms with van der Waals surface area (Å²) in [4.78, 5) is 0. The first-order valence-corrected chi connectivity index (χ1v) is 6.01. The third kappa shape index (κ3) is 2.82. The lowest BCUT2D eigenvalue weighted by atomic mass is 10.1. The summed E-state index contributed by atoms with van der Waals surface area (Å²) in [6.45, 7) is 2.76. The van der Waals surface area contributed by atoms with E-state index in [1.54, 1.807) is 12.3 Å². The van der Waals surface area contributed by atoms with Crippen molar-refractivity contribution in [3.63, 3.8) is 0 Å². The molecule has 2 aromatic rings. The molecule has 0 saturated carbocycles. The van der Waals surface area contributed by atoms with Crippen LogP contribution in [0.3, 0.4) is 0 Å². The molecule has 5 heteroatoms. The highest BCUT2D eigenvalue weighted by Crippen LogP contribution is 2.23. The quantitative estimate of drug-likeness (QED) is 0.920. The van der Waals surface area contributed by atoms with Gasteiger partial charge in [0.2, 0.25) is 0 Å². The van der Waals surface area contributed by atoms with Crippen LogP contribution in [0.2, 0.25) is 5.02 Å². The van der Waals surface area contributed by atoms with Gasteiger partial charge in [-0.1, -0.05) is 17.7 Å². The smallest absolute Gasteiger partial charge is 0.103 e. The zero-order chi connectivity index (χ0) is 13.0. The van der Waals surface area contributed by atoms with Crippen LogP contribution in [0.25, 0.3) is 0 Å². The molecule has 1 heterocycles. The summed E-state index contributed by atoms with van der Waals surface area (Å²) in [5.74, 6) is 0. The molecule has 0 aliphatic rings. The van der Waals surface area contributed by atoms with Gasteiger partial charge in [0.05, 0.1) is 22.8 Å². The monoisotopic (exact) mass is 260 g/mol. The summed E-state index contributed by atoms with van der Waals surface area (Å²) in [6.07, 6.45) is 3.65. The Morgan fingerprint density at radius 2 is 2.33 bits per heavy atom. The van der Waals surface area contributed by atoms with Gasteiger partial charge in [0.25, 0.3) is 0 Å². The van der Waals surface area contributed by atoms with Crippen LogP contribution in [0, 0.1) is 11.3 Å². The van der Waals surface area contributed by atoms with E-state index in [-0.39, 0.29) is 6.04 Å².